The van der Waals surface area contributed by atoms with Gasteiger partial charge in [0.15, 0.2) is 5.78 Å². The molecule has 0 aliphatic carbocycles. The monoisotopic (exact) mass is 358 g/mol. The van der Waals surface area contributed by atoms with Crippen LogP contribution < -0.4 is 4.74 Å². The Balaban J connectivity index is 1.68. The zero-order valence-electron chi connectivity index (χ0n) is 11.9. The maximum atomic E-state index is 12.5. The lowest BCUT2D eigenvalue weighted by Crippen LogP contribution is -2.36. The van der Waals surface area contributed by atoms with Gasteiger partial charge in [-0.05, 0) is 29.3 Å². The summed E-state index contributed by atoms with van der Waals surface area (Å²) in [6.07, 6.45) is 0.230. The fourth-order valence-electron chi connectivity index (χ4n) is 3.27. The van der Waals surface area contributed by atoms with Gasteiger partial charge in [0.05, 0.1) is 18.8 Å². The summed E-state index contributed by atoms with van der Waals surface area (Å²) in [4.78, 5) is 12.5. The highest BCUT2D eigenvalue weighted by Crippen LogP contribution is 2.38. The van der Waals surface area contributed by atoms with E-state index >= 15 is 0 Å². The van der Waals surface area contributed by atoms with Gasteiger partial charge in [0.2, 0.25) is 0 Å². The van der Waals surface area contributed by atoms with Crippen molar-refractivity contribution in [2.45, 2.75) is 25.0 Å². The van der Waals surface area contributed by atoms with Gasteiger partial charge in [0.1, 0.15) is 11.9 Å². The van der Waals surface area contributed by atoms with Crippen molar-refractivity contribution >= 4 is 21.7 Å². The first-order valence-electron chi connectivity index (χ1n) is 7.37. The van der Waals surface area contributed by atoms with Gasteiger partial charge in [-0.25, -0.2) is 0 Å². The van der Waals surface area contributed by atoms with Gasteiger partial charge in [-0.1, -0.05) is 40.2 Å². The number of carbonyl (C=O) groups is 1. The second-order valence-corrected chi connectivity index (χ2v) is 6.66. The molecule has 22 heavy (non-hydrogen) atoms. The number of halogens is 1. The highest BCUT2D eigenvalue weighted by Gasteiger charge is 2.35. The van der Waals surface area contributed by atoms with Crippen LogP contribution in [0, 0.1) is 0 Å². The number of benzene rings is 2. The van der Waals surface area contributed by atoms with Gasteiger partial charge in [-0.2, -0.15) is 0 Å². The van der Waals surface area contributed by atoms with E-state index in [2.05, 4.69) is 28.1 Å². The fraction of sp³-hybridized carbons (Fsp3) is 0.278. The minimum atomic E-state index is -0.164. The first-order chi connectivity index (χ1) is 10.7. The number of hydrogen-bond donors (Lipinski definition) is 0. The number of hydrogen-bond acceptors (Lipinski definition) is 3. The second-order valence-electron chi connectivity index (χ2n) is 5.74. The molecule has 4 rings (SSSR count). The summed E-state index contributed by atoms with van der Waals surface area (Å²) in [5.41, 5.74) is 3.10. The molecule has 2 aromatic rings. The molecule has 3 nitrogen and oxygen atoms in total. The predicted octanol–water partition coefficient (Wildman–Crippen LogP) is 4.10. The summed E-state index contributed by atoms with van der Waals surface area (Å²) in [5, 5.41) is 0. The van der Waals surface area contributed by atoms with Crippen LogP contribution in [-0.2, 0) is 11.3 Å². The number of ether oxygens (including phenoxy) is 2. The standard InChI is InChI=1S/C18H15BrO3/c19-12-5-6-17-14(7-12)16(20)8-18(22-17)15-10-21-9-11-3-1-2-4-13(11)15/h1-7,15,18H,8-10H2. The highest BCUT2D eigenvalue weighted by molar-refractivity contribution is 9.10. The summed E-state index contributed by atoms with van der Waals surface area (Å²) >= 11 is 3.40. The molecule has 0 bridgehead atoms. The molecule has 2 atom stereocenters. The van der Waals surface area contributed by atoms with E-state index < -0.39 is 0 Å². The van der Waals surface area contributed by atoms with E-state index in [1.54, 1.807) is 0 Å². The molecule has 2 aliphatic heterocycles. The fourth-order valence-corrected chi connectivity index (χ4v) is 3.63. The molecule has 0 N–H and O–H groups in total. The third-order valence-electron chi connectivity index (χ3n) is 4.37. The molecule has 0 amide bonds. The molecule has 0 saturated carbocycles. The van der Waals surface area contributed by atoms with Crippen molar-refractivity contribution < 1.29 is 14.3 Å². The summed E-state index contributed by atoms with van der Waals surface area (Å²) in [6, 6.07) is 13.8. The Labute approximate surface area is 137 Å². The molecule has 0 spiro atoms. The summed E-state index contributed by atoms with van der Waals surface area (Å²) in [5.74, 6) is 0.911. The number of fused-ring (bicyclic) bond motifs is 2. The Bertz CT molecular complexity index is 741. The average Bonchev–Trinajstić information content (AvgIpc) is 2.55. The number of Topliss-reactive ketones (excluding diaryl/α,β-unsaturated/α-hetero) is 1. The van der Waals surface area contributed by atoms with Crippen molar-refractivity contribution in [3.8, 4) is 5.75 Å². The Morgan fingerprint density at radius 2 is 2.00 bits per heavy atom. The third kappa shape index (κ3) is 2.36. The number of carbonyl (C=O) groups excluding carboxylic acids is 1. The maximum Gasteiger partial charge on any atom is 0.170 e. The Morgan fingerprint density at radius 1 is 1.14 bits per heavy atom. The molecule has 0 aromatic heterocycles. The quantitative estimate of drug-likeness (QED) is 0.769. The molecular formula is C18H15BrO3. The van der Waals surface area contributed by atoms with E-state index in [0.717, 1.165) is 4.47 Å². The highest BCUT2D eigenvalue weighted by atomic mass is 79.9. The van der Waals surface area contributed by atoms with E-state index in [9.17, 15) is 4.79 Å². The number of ketones is 1. The van der Waals surface area contributed by atoms with Crippen molar-refractivity contribution in [3.05, 3.63) is 63.6 Å². The molecule has 2 aliphatic rings. The molecular weight excluding hydrogens is 344 g/mol. The SMILES string of the molecule is O=C1CC(C2COCc3ccccc32)Oc2ccc(Br)cc21. The van der Waals surface area contributed by atoms with Crippen molar-refractivity contribution in [3.63, 3.8) is 0 Å². The smallest absolute Gasteiger partial charge is 0.170 e. The van der Waals surface area contributed by atoms with Crippen molar-refractivity contribution in [2.75, 3.05) is 6.61 Å². The Morgan fingerprint density at radius 3 is 2.91 bits per heavy atom. The molecule has 0 radical (unpaired) electrons. The van der Waals surface area contributed by atoms with E-state index in [1.807, 2.05) is 30.3 Å². The van der Waals surface area contributed by atoms with Crippen LogP contribution in [-0.4, -0.2) is 18.5 Å². The van der Waals surface area contributed by atoms with Crippen LogP contribution in [0.1, 0.15) is 33.8 Å². The molecule has 112 valence electrons. The van der Waals surface area contributed by atoms with Gasteiger partial charge in [0, 0.05) is 16.8 Å². The van der Waals surface area contributed by atoms with Gasteiger partial charge < -0.3 is 9.47 Å². The van der Waals surface area contributed by atoms with Gasteiger partial charge in [-0.15, -0.1) is 0 Å². The Hall–Kier alpha value is -1.65. The first-order valence-corrected chi connectivity index (χ1v) is 8.16. The normalized spacial score (nSPS) is 23.4. The lowest BCUT2D eigenvalue weighted by molar-refractivity contribution is 0.0384. The van der Waals surface area contributed by atoms with E-state index in [1.165, 1.54) is 11.1 Å². The molecule has 2 aromatic carbocycles. The minimum Gasteiger partial charge on any atom is -0.488 e. The van der Waals surface area contributed by atoms with Crippen molar-refractivity contribution in [1.82, 2.24) is 0 Å². The van der Waals surface area contributed by atoms with Crippen LogP contribution in [0.15, 0.2) is 46.9 Å². The van der Waals surface area contributed by atoms with Gasteiger partial charge in [0.25, 0.3) is 0 Å². The zero-order chi connectivity index (χ0) is 15.1. The van der Waals surface area contributed by atoms with Gasteiger partial charge in [-0.3, -0.25) is 4.79 Å². The zero-order valence-corrected chi connectivity index (χ0v) is 13.5. The lowest BCUT2D eigenvalue weighted by atomic mass is 9.84. The van der Waals surface area contributed by atoms with Crippen molar-refractivity contribution in [1.29, 1.82) is 0 Å². The molecule has 2 heterocycles. The first kappa shape index (κ1) is 14.0. The summed E-state index contributed by atoms with van der Waals surface area (Å²) in [6.45, 7) is 1.23. The minimum absolute atomic E-state index is 0.102. The van der Waals surface area contributed by atoms with E-state index in [0.29, 0.717) is 30.9 Å². The topological polar surface area (TPSA) is 35.5 Å². The molecule has 2 unspecified atom stereocenters. The lowest BCUT2D eigenvalue weighted by Gasteiger charge is -2.35. The van der Waals surface area contributed by atoms with Crippen LogP contribution in [0.3, 0.4) is 0 Å². The second kappa shape index (κ2) is 5.52. The van der Waals surface area contributed by atoms with Crippen LogP contribution in [0.25, 0.3) is 0 Å². The molecule has 4 heteroatoms. The van der Waals surface area contributed by atoms with Crippen LogP contribution in [0.5, 0.6) is 5.75 Å². The average molecular weight is 359 g/mol. The predicted molar refractivity (Wildman–Crippen MR) is 86.3 cm³/mol. The van der Waals surface area contributed by atoms with Crippen LogP contribution in [0.2, 0.25) is 0 Å². The van der Waals surface area contributed by atoms with E-state index in [-0.39, 0.29) is 17.8 Å². The Kier molecular flexibility index (Phi) is 3.51. The molecule has 0 fully saturated rings. The number of rotatable bonds is 1. The molecule has 0 saturated heterocycles. The van der Waals surface area contributed by atoms with Crippen LogP contribution >= 0.6 is 15.9 Å². The maximum absolute atomic E-state index is 12.5. The third-order valence-corrected chi connectivity index (χ3v) is 4.86. The largest absolute Gasteiger partial charge is 0.488 e. The van der Waals surface area contributed by atoms with Crippen LogP contribution in [0.4, 0.5) is 0 Å². The van der Waals surface area contributed by atoms with Gasteiger partial charge >= 0.3 is 0 Å². The summed E-state index contributed by atoms with van der Waals surface area (Å²) in [7, 11) is 0. The van der Waals surface area contributed by atoms with Crippen molar-refractivity contribution in [2.24, 2.45) is 0 Å². The van der Waals surface area contributed by atoms with E-state index in [4.69, 9.17) is 9.47 Å². The summed E-state index contributed by atoms with van der Waals surface area (Å²) < 4.78 is 12.7.